The van der Waals surface area contributed by atoms with Gasteiger partial charge in [-0.2, -0.15) is 0 Å². The van der Waals surface area contributed by atoms with Gasteiger partial charge in [0, 0.05) is 6.54 Å². The van der Waals surface area contributed by atoms with Crippen molar-refractivity contribution in [2.75, 3.05) is 17.6 Å². The predicted octanol–water partition coefficient (Wildman–Crippen LogP) is 2.09. The second kappa shape index (κ2) is 4.65. The zero-order valence-corrected chi connectivity index (χ0v) is 8.88. The highest BCUT2D eigenvalue weighted by Crippen LogP contribution is 2.25. The van der Waals surface area contributed by atoms with E-state index in [1.54, 1.807) is 6.92 Å². The Morgan fingerprint density at radius 2 is 2.25 bits per heavy atom. The van der Waals surface area contributed by atoms with E-state index >= 15 is 0 Å². The molecule has 1 rings (SSSR count). The van der Waals surface area contributed by atoms with Gasteiger partial charge in [0.2, 0.25) is 0 Å². The first-order valence-electron chi connectivity index (χ1n) is 4.63. The smallest absolute Gasteiger partial charge is 0.340 e. The molecule has 4 nitrogen and oxygen atoms in total. The van der Waals surface area contributed by atoms with Gasteiger partial charge in [0.15, 0.2) is 0 Å². The van der Waals surface area contributed by atoms with Crippen LogP contribution in [0.2, 0.25) is 0 Å². The summed E-state index contributed by atoms with van der Waals surface area (Å²) in [6.07, 6.45) is 0. The minimum Gasteiger partial charge on any atom is -0.478 e. The van der Waals surface area contributed by atoms with Gasteiger partial charge in [0.25, 0.3) is 0 Å². The number of aromatic carboxylic acids is 1. The van der Waals surface area contributed by atoms with Crippen LogP contribution in [-0.2, 0) is 0 Å². The van der Waals surface area contributed by atoms with Crippen LogP contribution >= 0.6 is 0 Å². The molecule has 0 spiro atoms. The largest absolute Gasteiger partial charge is 0.478 e. The number of benzene rings is 1. The normalized spacial score (nSPS) is 9.88. The van der Waals surface area contributed by atoms with E-state index < -0.39 is 11.8 Å². The number of carboxylic acid groups (broad SMARTS) is 1. The SMILES string of the molecule is C=C(C)CNc1ccc(F)c(N)c1C(=O)O. The third-order valence-corrected chi connectivity index (χ3v) is 1.99. The Labute approximate surface area is 92.6 Å². The van der Waals surface area contributed by atoms with Crippen molar-refractivity contribution in [3.8, 4) is 0 Å². The number of nitrogens with one attached hydrogen (secondary N) is 1. The van der Waals surface area contributed by atoms with E-state index in [-0.39, 0.29) is 16.9 Å². The minimum absolute atomic E-state index is 0.249. The number of rotatable bonds is 4. The molecule has 0 heterocycles. The molecule has 1 aromatic rings. The van der Waals surface area contributed by atoms with Gasteiger partial charge in [-0.1, -0.05) is 12.2 Å². The lowest BCUT2D eigenvalue weighted by Gasteiger charge is -2.11. The summed E-state index contributed by atoms with van der Waals surface area (Å²) in [4.78, 5) is 10.9. The molecular formula is C11H13FN2O2. The molecule has 16 heavy (non-hydrogen) atoms. The molecule has 0 aliphatic heterocycles. The van der Waals surface area contributed by atoms with Gasteiger partial charge in [-0.15, -0.1) is 0 Å². The summed E-state index contributed by atoms with van der Waals surface area (Å²) in [6.45, 7) is 5.87. The Balaban J connectivity index is 3.13. The number of nitrogens with two attached hydrogens (primary N) is 1. The van der Waals surface area contributed by atoms with Crippen LogP contribution in [0.15, 0.2) is 24.3 Å². The first kappa shape index (κ1) is 12.0. The number of carbonyl (C=O) groups is 1. The van der Waals surface area contributed by atoms with Crippen molar-refractivity contribution in [3.63, 3.8) is 0 Å². The number of hydrogen-bond acceptors (Lipinski definition) is 3. The van der Waals surface area contributed by atoms with E-state index in [1.807, 2.05) is 0 Å². The lowest BCUT2D eigenvalue weighted by atomic mass is 10.1. The van der Waals surface area contributed by atoms with Crippen LogP contribution in [-0.4, -0.2) is 17.6 Å². The van der Waals surface area contributed by atoms with Crippen molar-refractivity contribution in [2.24, 2.45) is 0 Å². The molecule has 0 aromatic heterocycles. The molecule has 0 unspecified atom stereocenters. The fourth-order valence-corrected chi connectivity index (χ4v) is 1.22. The summed E-state index contributed by atoms with van der Waals surface area (Å²) in [6, 6.07) is 2.47. The lowest BCUT2D eigenvalue weighted by molar-refractivity contribution is 0.0698. The van der Waals surface area contributed by atoms with Crippen molar-refractivity contribution in [1.29, 1.82) is 0 Å². The maximum atomic E-state index is 13.1. The lowest BCUT2D eigenvalue weighted by Crippen LogP contribution is -2.11. The van der Waals surface area contributed by atoms with Crippen LogP contribution in [0.3, 0.4) is 0 Å². The Kier molecular flexibility index (Phi) is 3.50. The second-order valence-corrected chi connectivity index (χ2v) is 3.50. The van der Waals surface area contributed by atoms with Gasteiger partial charge in [0.05, 0.1) is 11.4 Å². The average molecular weight is 224 g/mol. The molecule has 4 N–H and O–H groups in total. The Morgan fingerprint density at radius 3 is 2.75 bits per heavy atom. The third-order valence-electron chi connectivity index (χ3n) is 1.99. The fourth-order valence-electron chi connectivity index (χ4n) is 1.22. The summed E-state index contributed by atoms with van der Waals surface area (Å²) >= 11 is 0. The Morgan fingerprint density at radius 1 is 1.62 bits per heavy atom. The highest BCUT2D eigenvalue weighted by Gasteiger charge is 2.16. The van der Waals surface area contributed by atoms with Gasteiger partial charge in [-0.3, -0.25) is 0 Å². The van der Waals surface area contributed by atoms with E-state index in [1.165, 1.54) is 6.07 Å². The van der Waals surface area contributed by atoms with E-state index in [0.717, 1.165) is 11.6 Å². The van der Waals surface area contributed by atoms with Crippen molar-refractivity contribution >= 4 is 17.3 Å². The topological polar surface area (TPSA) is 75.3 Å². The predicted molar refractivity (Wildman–Crippen MR) is 61.1 cm³/mol. The van der Waals surface area contributed by atoms with Crippen molar-refractivity contribution in [2.45, 2.75) is 6.92 Å². The number of anilines is 2. The zero-order valence-electron chi connectivity index (χ0n) is 8.88. The molecule has 0 amide bonds. The third kappa shape index (κ3) is 2.50. The monoisotopic (exact) mass is 224 g/mol. The van der Waals surface area contributed by atoms with Crippen LogP contribution in [0.5, 0.6) is 0 Å². The molecule has 0 saturated heterocycles. The van der Waals surface area contributed by atoms with Gasteiger partial charge in [-0.05, 0) is 19.1 Å². The number of hydrogen-bond donors (Lipinski definition) is 3. The highest BCUT2D eigenvalue weighted by atomic mass is 19.1. The molecule has 0 aliphatic rings. The first-order chi connectivity index (χ1) is 7.43. The number of halogens is 1. The van der Waals surface area contributed by atoms with Crippen LogP contribution in [0, 0.1) is 5.82 Å². The molecule has 1 aromatic carbocycles. The molecule has 0 aliphatic carbocycles. The van der Waals surface area contributed by atoms with Gasteiger partial charge in [-0.25, -0.2) is 9.18 Å². The standard InChI is InChI=1S/C11H13FN2O2/c1-6(2)5-14-8-4-3-7(12)10(13)9(8)11(15)16/h3-4,14H,1,5,13H2,2H3,(H,15,16). The summed E-state index contributed by atoms with van der Waals surface area (Å²) in [5.74, 6) is -2.00. The van der Waals surface area contributed by atoms with Crippen LogP contribution < -0.4 is 11.1 Å². The summed E-state index contributed by atoms with van der Waals surface area (Å²) in [7, 11) is 0. The van der Waals surface area contributed by atoms with E-state index in [9.17, 15) is 9.18 Å². The van der Waals surface area contributed by atoms with E-state index in [2.05, 4.69) is 11.9 Å². The minimum atomic E-state index is -1.26. The average Bonchev–Trinajstić information content (AvgIpc) is 2.19. The Hall–Kier alpha value is -2.04. The van der Waals surface area contributed by atoms with Crippen molar-refractivity contribution < 1.29 is 14.3 Å². The van der Waals surface area contributed by atoms with Gasteiger partial charge >= 0.3 is 5.97 Å². The summed E-state index contributed by atoms with van der Waals surface area (Å²) < 4.78 is 13.1. The first-order valence-corrected chi connectivity index (χ1v) is 4.63. The van der Waals surface area contributed by atoms with Crippen LogP contribution in [0.4, 0.5) is 15.8 Å². The van der Waals surface area contributed by atoms with Crippen molar-refractivity contribution in [1.82, 2.24) is 0 Å². The fraction of sp³-hybridized carbons (Fsp3) is 0.182. The van der Waals surface area contributed by atoms with Gasteiger partial charge in [0.1, 0.15) is 11.4 Å². The quantitative estimate of drug-likeness (QED) is 0.540. The highest BCUT2D eigenvalue weighted by molar-refractivity contribution is 6.00. The summed E-state index contributed by atoms with van der Waals surface area (Å²) in [5.41, 5.74) is 5.88. The Bertz CT molecular complexity index is 444. The van der Waals surface area contributed by atoms with E-state index in [4.69, 9.17) is 10.8 Å². The maximum Gasteiger partial charge on any atom is 0.340 e. The second-order valence-electron chi connectivity index (χ2n) is 3.50. The molecule has 0 atom stereocenters. The van der Waals surface area contributed by atoms with Crippen LogP contribution in [0.1, 0.15) is 17.3 Å². The number of nitrogen functional groups attached to an aromatic ring is 1. The zero-order chi connectivity index (χ0) is 12.3. The maximum absolute atomic E-state index is 13.1. The van der Waals surface area contributed by atoms with Crippen LogP contribution in [0.25, 0.3) is 0 Å². The molecule has 0 radical (unpaired) electrons. The summed E-state index contributed by atoms with van der Waals surface area (Å²) in [5, 5.41) is 11.8. The molecular weight excluding hydrogens is 211 g/mol. The van der Waals surface area contributed by atoms with Gasteiger partial charge < -0.3 is 16.2 Å². The molecule has 5 heteroatoms. The molecule has 86 valence electrons. The molecule has 0 bridgehead atoms. The van der Waals surface area contributed by atoms with E-state index in [0.29, 0.717) is 6.54 Å². The molecule has 0 fully saturated rings. The van der Waals surface area contributed by atoms with Crippen molar-refractivity contribution in [3.05, 3.63) is 35.7 Å². The number of carboxylic acids is 1. The molecule has 0 saturated carbocycles.